The molecule has 0 bridgehead atoms. The molecule has 24 heavy (non-hydrogen) atoms. The topological polar surface area (TPSA) is 84.7 Å². The highest BCUT2D eigenvalue weighted by Crippen LogP contribution is 2.31. The lowest BCUT2D eigenvalue weighted by atomic mass is 9.92. The summed E-state index contributed by atoms with van der Waals surface area (Å²) in [6.07, 6.45) is 1.17. The van der Waals surface area contributed by atoms with Crippen molar-refractivity contribution >= 4 is 12.0 Å². The summed E-state index contributed by atoms with van der Waals surface area (Å²) >= 11 is 0. The van der Waals surface area contributed by atoms with Crippen molar-refractivity contribution in [3.05, 3.63) is 27.9 Å². The maximum absolute atomic E-state index is 12.6. The molecule has 0 unspecified atom stereocenters. The second-order valence-electron chi connectivity index (χ2n) is 6.73. The van der Waals surface area contributed by atoms with E-state index in [-0.39, 0.29) is 18.5 Å². The number of rotatable bonds is 2. The van der Waals surface area contributed by atoms with Crippen molar-refractivity contribution < 1.29 is 14.3 Å². The summed E-state index contributed by atoms with van der Waals surface area (Å²) in [5.41, 5.74) is 0.309. The zero-order valence-corrected chi connectivity index (χ0v) is 14.2. The lowest BCUT2D eigenvalue weighted by molar-refractivity contribution is -0.137. The lowest BCUT2D eigenvalue weighted by Gasteiger charge is -2.38. The van der Waals surface area contributed by atoms with E-state index in [1.807, 2.05) is 0 Å². The SMILES string of the molecule is Cc1cc(C)n(CC(=O)N2CCC[C@@]3(CN(C)C(=O)O3)C2)c(=O)n1. The number of nitrogens with zero attached hydrogens (tertiary/aromatic N) is 4. The second-order valence-corrected chi connectivity index (χ2v) is 6.73. The van der Waals surface area contributed by atoms with E-state index in [2.05, 4.69) is 4.98 Å². The van der Waals surface area contributed by atoms with Crippen LogP contribution in [0.5, 0.6) is 0 Å². The molecule has 1 spiro atoms. The zero-order chi connectivity index (χ0) is 17.5. The zero-order valence-electron chi connectivity index (χ0n) is 14.2. The lowest BCUT2D eigenvalue weighted by Crippen LogP contribution is -2.53. The van der Waals surface area contributed by atoms with Gasteiger partial charge in [0.1, 0.15) is 12.1 Å². The van der Waals surface area contributed by atoms with E-state index >= 15 is 0 Å². The standard InChI is InChI=1S/C16H22N4O4/c1-11-7-12(2)20(14(22)17-11)8-13(21)19-6-4-5-16(10-19)9-18(3)15(23)24-16/h7H,4-6,8-10H2,1-3H3/t16-/m1/s1. The molecule has 3 heterocycles. The van der Waals surface area contributed by atoms with E-state index in [9.17, 15) is 14.4 Å². The summed E-state index contributed by atoms with van der Waals surface area (Å²) < 4.78 is 6.89. The van der Waals surface area contributed by atoms with Gasteiger partial charge in [-0.1, -0.05) is 0 Å². The van der Waals surface area contributed by atoms with Crippen molar-refractivity contribution in [1.29, 1.82) is 0 Å². The summed E-state index contributed by atoms with van der Waals surface area (Å²) in [5.74, 6) is -0.157. The van der Waals surface area contributed by atoms with Crippen LogP contribution in [0, 0.1) is 13.8 Å². The van der Waals surface area contributed by atoms with Gasteiger partial charge in [0, 0.05) is 25.0 Å². The summed E-state index contributed by atoms with van der Waals surface area (Å²) in [6.45, 7) is 4.96. The molecule has 0 N–H and O–H groups in total. The van der Waals surface area contributed by atoms with Crippen LogP contribution in [-0.2, 0) is 16.1 Å². The van der Waals surface area contributed by atoms with E-state index in [4.69, 9.17) is 4.74 Å². The summed E-state index contributed by atoms with van der Waals surface area (Å²) in [7, 11) is 1.69. The van der Waals surface area contributed by atoms with Crippen molar-refractivity contribution in [3.63, 3.8) is 0 Å². The molecule has 8 nitrogen and oxygen atoms in total. The van der Waals surface area contributed by atoms with Gasteiger partial charge < -0.3 is 14.5 Å². The van der Waals surface area contributed by atoms with Crippen LogP contribution in [0.2, 0.25) is 0 Å². The Hall–Kier alpha value is -2.38. The van der Waals surface area contributed by atoms with Gasteiger partial charge in [-0.05, 0) is 32.8 Å². The molecule has 1 aromatic heterocycles. The quantitative estimate of drug-likeness (QED) is 0.777. The Morgan fingerprint density at radius 1 is 1.33 bits per heavy atom. The first-order valence-corrected chi connectivity index (χ1v) is 8.07. The van der Waals surface area contributed by atoms with Gasteiger partial charge in [-0.3, -0.25) is 9.36 Å². The molecule has 0 saturated carbocycles. The largest absolute Gasteiger partial charge is 0.439 e. The minimum atomic E-state index is -0.620. The number of carbonyl (C=O) groups excluding carboxylic acids is 2. The predicted octanol–water partition coefficient (Wildman–Crippen LogP) is 0.303. The van der Waals surface area contributed by atoms with Crippen molar-refractivity contribution in [1.82, 2.24) is 19.4 Å². The van der Waals surface area contributed by atoms with Gasteiger partial charge in [0.15, 0.2) is 0 Å². The van der Waals surface area contributed by atoms with Crippen molar-refractivity contribution in [3.8, 4) is 0 Å². The van der Waals surface area contributed by atoms with Crippen LogP contribution in [0.3, 0.4) is 0 Å². The van der Waals surface area contributed by atoms with Gasteiger partial charge in [0.25, 0.3) is 0 Å². The Morgan fingerprint density at radius 3 is 2.71 bits per heavy atom. The maximum Gasteiger partial charge on any atom is 0.410 e. The number of hydrogen-bond donors (Lipinski definition) is 0. The number of ether oxygens (including phenoxy) is 1. The molecule has 2 saturated heterocycles. The Balaban J connectivity index is 1.74. The molecule has 1 atom stereocenters. The van der Waals surface area contributed by atoms with Crippen LogP contribution in [0.4, 0.5) is 4.79 Å². The molecule has 0 radical (unpaired) electrons. The predicted molar refractivity (Wildman–Crippen MR) is 85.6 cm³/mol. The molecule has 2 aliphatic heterocycles. The number of amides is 2. The molecule has 130 valence electrons. The summed E-state index contributed by atoms with van der Waals surface area (Å²) in [6, 6.07) is 1.78. The molecule has 3 rings (SSSR count). The van der Waals surface area contributed by atoms with E-state index < -0.39 is 11.3 Å². The number of likely N-dealkylation sites (N-methyl/N-ethyl adjacent to an activating group) is 1. The van der Waals surface area contributed by atoms with Crippen LogP contribution < -0.4 is 5.69 Å². The van der Waals surface area contributed by atoms with Crippen LogP contribution in [0.1, 0.15) is 24.2 Å². The monoisotopic (exact) mass is 334 g/mol. The first-order chi connectivity index (χ1) is 11.3. The maximum atomic E-state index is 12.6. The second kappa shape index (κ2) is 5.92. The molecule has 2 aliphatic rings. The van der Waals surface area contributed by atoms with Crippen LogP contribution in [0.15, 0.2) is 10.9 Å². The molecule has 1 aromatic rings. The first-order valence-electron chi connectivity index (χ1n) is 8.07. The van der Waals surface area contributed by atoms with Gasteiger partial charge in [-0.25, -0.2) is 9.59 Å². The number of aryl methyl sites for hydroxylation is 2. The third-order valence-corrected chi connectivity index (χ3v) is 4.67. The van der Waals surface area contributed by atoms with Crippen LogP contribution in [-0.4, -0.2) is 63.6 Å². The van der Waals surface area contributed by atoms with Gasteiger partial charge in [-0.15, -0.1) is 0 Å². The summed E-state index contributed by atoms with van der Waals surface area (Å²) in [4.78, 5) is 43.4. The van der Waals surface area contributed by atoms with Crippen molar-refractivity contribution in [2.75, 3.05) is 26.7 Å². The van der Waals surface area contributed by atoms with Crippen LogP contribution >= 0.6 is 0 Å². The van der Waals surface area contributed by atoms with Gasteiger partial charge in [0.05, 0.1) is 13.1 Å². The smallest absolute Gasteiger partial charge is 0.410 e. The minimum Gasteiger partial charge on any atom is -0.439 e. The van der Waals surface area contributed by atoms with Gasteiger partial charge in [0.2, 0.25) is 5.91 Å². The third kappa shape index (κ3) is 3.00. The molecule has 8 heteroatoms. The van der Waals surface area contributed by atoms with Crippen LogP contribution in [0.25, 0.3) is 0 Å². The van der Waals surface area contributed by atoms with E-state index in [1.165, 1.54) is 9.47 Å². The third-order valence-electron chi connectivity index (χ3n) is 4.67. The molecular formula is C16H22N4O4. The number of carbonyl (C=O) groups is 2. The van der Waals surface area contributed by atoms with E-state index in [0.29, 0.717) is 31.0 Å². The molecule has 2 amide bonds. The van der Waals surface area contributed by atoms with Gasteiger partial charge in [-0.2, -0.15) is 4.98 Å². The normalized spacial score (nSPS) is 23.7. The number of likely N-dealkylation sites (tertiary alicyclic amines) is 1. The Kier molecular flexibility index (Phi) is 4.06. The average Bonchev–Trinajstić information content (AvgIpc) is 2.76. The highest BCUT2D eigenvalue weighted by molar-refractivity contribution is 5.77. The Morgan fingerprint density at radius 2 is 2.08 bits per heavy atom. The van der Waals surface area contributed by atoms with Crippen molar-refractivity contribution in [2.45, 2.75) is 38.8 Å². The number of hydrogen-bond acceptors (Lipinski definition) is 5. The Bertz CT molecular complexity index is 744. The molecule has 0 aliphatic carbocycles. The fourth-order valence-electron chi connectivity index (χ4n) is 3.52. The van der Waals surface area contributed by atoms with Crippen molar-refractivity contribution in [2.24, 2.45) is 0 Å². The number of aromatic nitrogens is 2. The fourth-order valence-corrected chi connectivity index (χ4v) is 3.52. The molecule has 2 fully saturated rings. The highest BCUT2D eigenvalue weighted by atomic mass is 16.6. The minimum absolute atomic E-state index is 0.0438. The molecular weight excluding hydrogens is 312 g/mol. The summed E-state index contributed by atoms with van der Waals surface area (Å²) in [5, 5.41) is 0. The average molecular weight is 334 g/mol. The van der Waals surface area contributed by atoms with Gasteiger partial charge >= 0.3 is 11.8 Å². The first kappa shape index (κ1) is 16.5. The molecule has 0 aromatic carbocycles. The van der Waals surface area contributed by atoms with E-state index in [1.54, 1.807) is 31.9 Å². The Labute approximate surface area is 140 Å². The number of piperidine rings is 1. The highest BCUT2D eigenvalue weighted by Gasteiger charge is 2.47. The van der Waals surface area contributed by atoms with E-state index in [0.717, 1.165) is 12.8 Å². The fraction of sp³-hybridized carbons (Fsp3) is 0.625.